The van der Waals surface area contributed by atoms with Crippen LogP contribution in [-0.4, -0.2) is 58.3 Å². The van der Waals surface area contributed by atoms with Crippen LogP contribution in [0, 0.1) is 19.8 Å². The van der Waals surface area contributed by atoms with Gasteiger partial charge in [-0.25, -0.2) is 4.98 Å². The van der Waals surface area contributed by atoms with Crippen LogP contribution < -0.4 is 0 Å². The Morgan fingerprint density at radius 2 is 2.10 bits per heavy atom. The molecule has 158 valence electrons. The van der Waals surface area contributed by atoms with Crippen molar-refractivity contribution in [1.29, 1.82) is 0 Å². The summed E-state index contributed by atoms with van der Waals surface area (Å²) >= 11 is 1.48. The van der Waals surface area contributed by atoms with Gasteiger partial charge in [-0.05, 0) is 45.4 Å². The van der Waals surface area contributed by atoms with E-state index in [-0.39, 0.29) is 11.5 Å². The van der Waals surface area contributed by atoms with E-state index in [4.69, 9.17) is 14.0 Å². The molecule has 4 rings (SSSR count). The Labute approximate surface area is 174 Å². The van der Waals surface area contributed by atoms with Crippen molar-refractivity contribution >= 4 is 17.2 Å². The number of nitrogens with zero attached hydrogens (tertiary/aromatic N) is 4. The molecule has 1 unspecified atom stereocenters. The molecule has 0 aliphatic carbocycles. The van der Waals surface area contributed by atoms with Crippen LogP contribution in [0.1, 0.15) is 57.8 Å². The summed E-state index contributed by atoms with van der Waals surface area (Å²) in [5.74, 6) is 1.82. The van der Waals surface area contributed by atoms with Gasteiger partial charge in [0.05, 0.1) is 16.3 Å². The largest absolute Gasteiger partial charge is 0.375 e. The first-order valence-corrected chi connectivity index (χ1v) is 11.0. The Hall–Kier alpha value is -1.84. The summed E-state index contributed by atoms with van der Waals surface area (Å²) in [4.78, 5) is 24.4. The molecule has 2 aromatic heterocycles. The van der Waals surface area contributed by atoms with Crippen LogP contribution in [0.3, 0.4) is 0 Å². The van der Waals surface area contributed by atoms with Crippen LogP contribution in [-0.2, 0) is 22.5 Å². The molecule has 8 nitrogen and oxygen atoms in total. The summed E-state index contributed by atoms with van der Waals surface area (Å²) in [6.45, 7) is 6.39. The maximum atomic E-state index is 12.9. The topological polar surface area (TPSA) is 90.6 Å². The monoisotopic (exact) mass is 420 g/mol. The molecule has 1 amide bonds. The van der Waals surface area contributed by atoms with Gasteiger partial charge in [-0.15, -0.1) is 11.3 Å². The lowest BCUT2D eigenvalue weighted by Gasteiger charge is -2.46. The number of rotatable bonds is 5. The fraction of sp³-hybridized carbons (Fsp3) is 0.700. The zero-order valence-corrected chi connectivity index (χ0v) is 18.1. The second-order valence-corrected chi connectivity index (χ2v) is 9.27. The Morgan fingerprint density at radius 3 is 2.79 bits per heavy atom. The minimum absolute atomic E-state index is 0.104. The molecule has 0 aromatic carbocycles. The van der Waals surface area contributed by atoms with Crippen LogP contribution >= 0.6 is 11.3 Å². The van der Waals surface area contributed by atoms with Gasteiger partial charge in [0.25, 0.3) is 11.8 Å². The van der Waals surface area contributed by atoms with Crippen molar-refractivity contribution in [1.82, 2.24) is 20.0 Å². The van der Waals surface area contributed by atoms with Crippen molar-refractivity contribution < 1.29 is 18.8 Å². The van der Waals surface area contributed by atoms with Gasteiger partial charge in [-0.2, -0.15) is 4.98 Å². The third-order valence-corrected chi connectivity index (χ3v) is 6.96. The number of amides is 1. The number of aromatic nitrogens is 3. The first kappa shape index (κ1) is 20.4. The molecular formula is C20H28N4O4S. The van der Waals surface area contributed by atoms with Crippen LogP contribution in [0.4, 0.5) is 0 Å². The maximum Gasteiger partial charge on any atom is 0.265 e. The first-order valence-electron chi connectivity index (χ1n) is 10.2. The molecule has 29 heavy (non-hydrogen) atoms. The molecule has 1 spiro atoms. The normalized spacial score (nSPS) is 21.6. The average molecular weight is 421 g/mol. The van der Waals surface area contributed by atoms with Crippen molar-refractivity contribution in [3.63, 3.8) is 0 Å². The van der Waals surface area contributed by atoms with E-state index in [0.29, 0.717) is 18.4 Å². The van der Waals surface area contributed by atoms with Gasteiger partial charge in [0, 0.05) is 33.2 Å². The molecule has 0 radical (unpaired) electrons. The molecule has 2 aromatic rings. The average Bonchev–Trinajstić information content (AvgIpc) is 3.27. The van der Waals surface area contributed by atoms with E-state index >= 15 is 0 Å². The molecule has 0 N–H and O–H groups in total. The third kappa shape index (κ3) is 4.51. The van der Waals surface area contributed by atoms with E-state index in [2.05, 4.69) is 15.1 Å². The van der Waals surface area contributed by atoms with E-state index in [0.717, 1.165) is 73.2 Å². The third-order valence-electron chi connectivity index (χ3n) is 5.90. The lowest BCUT2D eigenvalue weighted by atomic mass is 9.78. The molecule has 2 aliphatic heterocycles. The zero-order chi connectivity index (χ0) is 20.4. The highest BCUT2D eigenvalue weighted by Crippen LogP contribution is 2.39. The molecule has 4 heterocycles. The molecule has 2 saturated heterocycles. The Kier molecular flexibility index (Phi) is 5.98. The number of thiazole rings is 1. The second-order valence-electron chi connectivity index (χ2n) is 8.07. The van der Waals surface area contributed by atoms with Crippen molar-refractivity contribution in [2.45, 2.75) is 58.2 Å². The van der Waals surface area contributed by atoms with Crippen molar-refractivity contribution in [3.8, 4) is 0 Å². The molecule has 1 atom stereocenters. The molecule has 0 bridgehead atoms. The quantitative estimate of drug-likeness (QED) is 0.734. The van der Waals surface area contributed by atoms with Gasteiger partial charge in [0.2, 0.25) is 0 Å². The number of aryl methyl sites for hydroxylation is 2. The van der Waals surface area contributed by atoms with E-state index in [1.165, 1.54) is 11.3 Å². The highest BCUT2D eigenvalue weighted by molar-refractivity contribution is 7.13. The fourth-order valence-corrected chi connectivity index (χ4v) is 5.34. The zero-order valence-electron chi connectivity index (χ0n) is 17.3. The summed E-state index contributed by atoms with van der Waals surface area (Å²) in [6.07, 6.45) is 4.50. The van der Waals surface area contributed by atoms with Crippen molar-refractivity contribution in [2.75, 3.05) is 26.8 Å². The van der Waals surface area contributed by atoms with Crippen LogP contribution in [0.5, 0.6) is 0 Å². The Balaban J connectivity index is 1.34. The minimum Gasteiger partial charge on any atom is -0.375 e. The summed E-state index contributed by atoms with van der Waals surface area (Å²) in [5, 5.41) is 5.01. The Morgan fingerprint density at radius 1 is 1.31 bits per heavy atom. The van der Waals surface area contributed by atoms with Gasteiger partial charge >= 0.3 is 0 Å². The van der Waals surface area contributed by atoms with Gasteiger partial charge in [-0.1, -0.05) is 5.16 Å². The molecular weight excluding hydrogens is 392 g/mol. The fourth-order valence-electron chi connectivity index (χ4n) is 4.46. The minimum atomic E-state index is -0.141. The summed E-state index contributed by atoms with van der Waals surface area (Å²) in [5.41, 5.74) is 0.692. The van der Waals surface area contributed by atoms with Gasteiger partial charge in [0.1, 0.15) is 11.5 Å². The second kappa shape index (κ2) is 8.49. The summed E-state index contributed by atoms with van der Waals surface area (Å²) in [7, 11) is 1.61. The van der Waals surface area contributed by atoms with Gasteiger partial charge in [0.15, 0.2) is 5.82 Å². The number of piperidine rings is 1. The lowest BCUT2D eigenvalue weighted by molar-refractivity contribution is -0.123. The SMILES string of the molecule is COCc1nc(CC2CCOC3(CCN(C(=O)c4sc(C)nc4C)CC3)C2)no1. The van der Waals surface area contributed by atoms with E-state index in [9.17, 15) is 4.79 Å². The van der Waals surface area contributed by atoms with Crippen LogP contribution in [0.2, 0.25) is 0 Å². The number of carbonyl (C=O) groups excluding carboxylic acids is 1. The number of methoxy groups -OCH3 is 1. The molecule has 2 aliphatic rings. The van der Waals surface area contributed by atoms with Crippen LogP contribution in [0.15, 0.2) is 4.52 Å². The van der Waals surface area contributed by atoms with Crippen molar-refractivity contribution in [2.24, 2.45) is 5.92 Å². The molecule has 0 saturated carbocycles. The van der Waals surface area contributed by atoms with Crippen molar-refractivity contribution in [3.05, 3.63) is 27.3 Å². The number of likely N-dealkylation sites (tertiary alicyclic amines) is 1. The highest BCUT2D eigenvalue weighted by atomic mass is 32.1. The van der Waals surface area contributed by atoms with E-state index in [1.54, 1.807) is 7.11 Å². The smallest absolute Gasteiger partial charge is 0.265 e. The summed E-state index contributed by atoms with van der Waals surface area (Å²) < 4.78 is 16.5. The number of ether oxygens (including phenoxy) is 2. The molecule has 9 heteroatoms. The highest BCUT2D eigenvalue weighted by Gasteiger charge is 2.41. The van der Waals surface area contributed by atoms with E-state index < -0.39 is 0 Å². The number of hydrogen-bond donors (Lipinski definition) is 0. The summed E-state index contributed by atoms with van der Waals surface area (Å²) in [6, 6.07) is 0. The lowest BCUT2D eigenvalue weighted by Crippen LogP contribution is -2.51. The maximum absolute atomic E-state index is 12.9. The standard InChI is InChI=1S/C20H28N4O4S/c1-13-18(29-14(2)21-13)19(25)24-7-5-20(6-8-24)11-15(4-9-27-20)10-16-22-17(12-26-3)28-23-16/h15H,4-12H2,1-3H3. The number of carbonyl (C=O) groups is 1. The van der Waals surface area contributed by atoms with Gasteiger partial charge < -0.3 is 18.9 Å². The predicted octanol–water partition coefficient (Wildman–Crippen LogP) is 2.93. The Bertz CT molecular complexity index is 857. The number of hydrogen-bond acceptors (Lipinski definition) is 8. The van der Waals surface area contributed by atoms with E-state index in [1.807, 2.05) is 18.7 Å². The predicted molar refractivity (Wildman–Crippen MR) is 107 cm³/mol. The molecule has 2 fully saturated rings. The van der Waals surface area contributed by atoms with Crippen LogP contribution in [0.25, 0.3) is 0 Å². The van der Waals surface area contributed by atoms with Gasteiger partial charge in [-0.3, -0.25) is 4.79 Å². The first-order chi connectivity index (χ1) is 14.0.